The van der Waals surface area contributed by atoms with Crippen LogP contribution in [0.4, 0.5) is 9.59 Å². The Morgan fingerprint density at radius 1 is 0.600 bits per heavy atom. The van der Waals surface area contributed by atoms with Crippen molar-refractivity contribution in [1.29, 1.82) is 0 Å². The van der Waals surface area contributed by atoms with Crippen molar-refractivity contribution in [2.24, 2.45) is 0 Å². The summed E-state index contributed by atoms with van der Waals surface area (Å²) in [7, 11) is -2.61. The zero-order valence-corrected chi connectivity index (χ0v) is 52.2. The number of aromatic nitrogens is 10. The van der Waals surface area contributed by atoms with E-state index in [-0.39, 0.29) is 24.9 Å². The molecule has 0 spiro atoms. The molecule has 80 heavy (non-hydrogen) atoms. The molecule has 0 aliphatic carbocycles. The van der Waals surface area contributed by atoms with Crippen molar-refractivity contribution in [3.8, 4) is 45.6 Å². The van der Waals surface area contributed by atoms with Gasteiger partial charge in [0, 0.05) is 98.1 Å². The van der Waals surface area contributed by atoms with Crippen molar-refractivity contribution in [1.82, 2.24) is 58.8 Å². The molecule has 2 aromatic carbocycles. The van der Waals surface area contributed by atoms with E-state index in [1.54, 1.807) is 11.1 Å². The minimum Gasteiger partial charge on any atom is -0.465 e. The van der Waals surface area contributed by atoms with Gasteiger partial charge < -0.3 is 28.5 Å². The van der Waals surface area contributed by atoms with Crippen LogP contribution >= 0.6 is 31.9 Å². The van der Waals surface area contributed by atoms with Gasteiger partial charge in [0.15, 0.2) is 11.6 Å². The molecule has 0 unspecified atom stereocenters. The number of fused-ring (bicyclic) bond motifs is 2. The van der Waals surface area contributed by atoms with Gasteiger partial charge in [0.05, 0.1) is 46.9 Å². The number of ether oxygens (including phenoxy) is 3. The predicted molar refractivity (Wildman–Crippen MR) is 323 cm³/mol. The first-order valence-corrected chi connectivity index (χ1v) is 36.1. The summed E-state index contributed by atoms with van der Waals surface area (Å²) in [5, 5.41) is 11.8. The third-order valence-electron chi connectivity index (χ3n) is 13.8. The highest BCUT2D eigenvalue weighted by Crippen LogP contribution is 2.37. The molecular formula is C58H70Br2N12O6Si2. The van der Waals surface area contributed by atoms with Crippen LogP contribution in [0.2, 0.25) is 51.4 Å². The van der Waals surface area contributed by atoms with Gasteiger partial charge in [0.2, 0.25) is 0 Å². The lowest BCUT2D eigenvalue weighted by Gasteiger charge is -2.29. The highest BCUT2D eigenvalue weighted by molar-refractivity contribution is 9.10. The number of carboxylic acid groups (broad SMARTS) is 1. The van der Waals surface area contributed by atoms with Crippen LogP contribution in [0.15, 0.2) is 107 Å². The maximum absolute atomic E-state index is 13.3. The molecule has 6 aromatic heterocycles. The van der Waals surface area contributed by atoms with Crippen molar-refractivity contribution in [3.05, 3.63) is 118 Å². The molecule has 2 atom stereocenters. The van der Waals surface area contributed by atoms with E-state index in [1.165, 1.54) is 4.90 Å². The molecule has 10 rings (SSSR count). The molecule has 22 heteroatoms. The Labute approximate surface area is 486 Å². The summed E-state index contributed by atoms with van der Waals surface area (Å²) in [4.78, 5) is 66.0. The second-order valence-corrected chi connectivity index (χ2v) is 36.8. The Bertz CT molecular complexity index is 3470. The minimum atomic E-state index is -1.31. The number of nitrogens with zero attached hydrogens (tertiary/aromatic N) is 12. The zero-order chi connectivity index (χ0) is 56.9. The van der Waals surface area contributed by atoms with E-state index < -0.39 is 27.8 Å². The van der Waals surface area contributed by atoms with Crippen LogP contribution in [-0.2, 0) is 27.7 Å². The van der Waals surface area contributed by atoms with E-state index in [9.17, 15) is 14.7 Å². The third-order valence-corrected chi connectivity index (χ3v) is 18.2. The van der Waals surface area contributed by atoms with Crippen molar-refractivity contribution >= 4 is 82.0 Å². The Kier molecular flexibility index (Phi) is 18.1. The molecule has 1 N–H and O–H groups in total. The number of carbonyl (C=O) groups is 2. The molecule has 0 radical (unpaired) electrons. The van der Waals surface area contributed by atoms with Crippen molar-refractivity contribution in [2.75, 3.05) is 26.3 Å². The minimum absolute atomic E-state index is 0.233. The van der Waals surface area contributed by atoms with E-state index in [4.69, 9.17) is 39.1 Å². The number of amides is 2. The maximum Gasteiger partial charge on any atom is 0.410 e. The molecule has 0 bridgehead atoms. The molecule has 0 saturated carbocycles. The van der Waals surface area contributed by atoms with Gasteiger partial charge in [0.25, 0.3) is 0 Å². The number of imidazole rings is 2. The Balaban J connectivity index is 0.000000361. The van der Waals surface area contributed by atoms with E-state index >= 15 is 0 Å². The maximum atomic E-state index is 13.3. The summed E-state index contributed by atoms with van der Waals surface area (Å²) in [5.74, 6) is 2.60. The smallest absolute Gasteiger partial charge is 0.410 e. The summed E-state index contributed by atoms with van der Waals surface area (Å²) < 4.78 is 24.4. The van der Waals surface area contributed by atoms with E-state index in [0.717, 1.165) is 96.1 Å². The van der Waals surface area contributed by atoms with Crippen molar-refractivity contribution in [3.63, 3.8) is 0 Å². The number of halogens is 2. The molecule has 2 fully saturated rings. The monoisotopic (exact) mass is 1240 g/mol. The average molecular weight is 1250 g/mol. The first-order chi connectivity index (χ1) is 38.1. The predicted octanol–water partition coefficient (Wildman–Crippen LogP) is 14.1. The Morgan fingerprint density at radius 3 is 1.62 bits per heavy atom. The molecule has 2 saturated heterocycles. The highest BCUT2D eigenvalue weighted by atomic mass is 79.9. The standard InChI is InChI=1S/C45H63N9O6Si2.C13H7Br2N3/c1-45(2,3)60-44(57)52-19-11-13-37(52)42-49-28-39(54(42)30-59-21-23-62(7,8)9)32-15-17-35(46-25-32)40-47-26-33-24-31(14-16-34(33)50-40)38-27-48-41(36-12-10-18-51(36)43(55)56)53(38)29-58-20-22-61(4,5)6;14-9-1-3-11-8(5-9)6-17-13(18-11)12-4-2-10(15)7-16-12/h14-17,24-28,36-37H,10-13,18-23,29-30H2,1-9H3,(H,55,56);1-7H/t36-,37-;/m0./s1. The van der Waals surface area contributed by atoms with Crippen LogP contribution in [-0.4, -0.2) is 124 Å². The van der Waals surface area contributed by atoms with Gasteiger partial charge in [-0.3, -0.25) is 19.8 Å². The zero-order valence-electron chi connectivity index (χ0n) is 47.0. The van der Waals surface area contributed by atoms with Crippen LogP contribution in [0.3, 0.4) is 0 Å². The molecule has 18 nitrogen and oxygen atoms in total. The second-order valence-electron chi connectivity index (χ2n) is 23.7. The number of likely N-dealkylation sites (tertiary alicyclic amines) is 2. The summed E-state index contributed by atoms with van der Waals surface area (Å²) >= 11 is 6.79. The number of hydrogen-bond acceptors (Lipinski definition) is 13. The summed E-state index contributed by atoms with van der Waals surface area (Å²) in [6, 6.07) is 21.2. The summed E-state index contributed by atoms with van der Waals surface area (Å²) in [6.07, 6.45) is 12.7. The van der Waals surface area contributed by atoms with E-state index in [0.29, 0.717) is 62.6 Å². The highest BCUT2D eigenvalue weighted by Gasteiger charge is 2.37. The van der Waals surface area contributed by atoms with Gasteiger partial charge in [-0.05, 0) is 129 Å². The lowest BCUT2D eigenvalue weighted by atomic mass is 10.1. The fraction of sp³-hybridized carbons (Fsp3) is 0.414. The average Bonchev–Trinajstić information content (AvgIpc) is 4.27. The molecule has 2 amide bonds. The van der Waals surface area contributed by atoms with Crippen LogP contribution in [0.25, 0.3) is 67.4 Å². The molecule has 2 aliphatic rings. The number of pyridine rings is 2. The Morgan fingerprint density at radius 2 is 1.10 bits per heavy atom. The lowest BCUT2D eigenvalue weighted by Crippen LogP contribution is -2.37. The summed E-state index contributed by atoms with van der Waals surface area (Å²) in [5.41, 5.74) is 5.94. The largest absolute Gasteiger partial charge is 0.465 e. The van der Waals surface area contributed by atoms with Gasteiger partial charge in [-0.1, -0.05) is 61.3 Å². The van der Waals surface area contributed by atoms with Crippen LogP contribution < -0.4 is 0 Å². The molecule has 8 heterocycles. The molecule has 420 valence electrons. The SMILES string of the molecule is Brc1ccc(-c2ncc3cc(Br)ccc3n2)nc1.CC(C)(C)OC(=O)N1CCC[C@H]1c1ncc(-c2ccc(-c3ncc4cc(-c5cnc([C@@H]6CCCN6C(=O)O)n5COCC[Si](C)(C)C)ccc4n3)nc2)n1COCC[Si](C)(C)C. The first-order valence-electron chi connectivity index (χ1n) is 27.1. The number of carbonyl (C=O) groups excluding carboxylic acids is 1. The normalized spacial score (nSPS) is 15.9. The van der Waals surface area contributed by atoms with Crippen molar-refractivity contribution < 1.29 is 28.9 Å². The van der Waals surface area contributed by atoms with E-state index in [2.05, 4.69) is 90.7 Å². The number of benzene rings is 2. The lowest BCUT2D eigenvalue weighted by molar-refractivity contribution is 0.0204. The van der Waals surface area contributed by atoms with Gasteiger partial charge >= 0.3 is 12.2 Å². The van der Waals surface area contributed by atoms with Crippen LogP contribution in [0, 0.1) is 0 Å². The van der Waals surface area contributed by atoms with E-state index in [1.807, 2.05) is 117 Å². The quantitative estimate of drug-likeness (QED) is 0.0707. The Hall–Kier alpha value is -6.31. The molecular weight excluding hydrogens is 1180 g/mol. The van der Waals surface area contributed by atoms with Gasteiger partial charge in [-0.2, -0.15) is 0 Å². The van der Waals surface area contributed by atoms with Crippen molar-refractivity contribution in [2.45, 2.75) is 129 Å². The topological polar surface area (TPSA) is 202 Å². The first kappa shape index (κ1) is 58.4. The fourth-order valence-electron chi connectivity index (χ4n) is 9.58. The fourth-order valence-corrected chi connectivity index (χ4v) is 11.7. The number of rotatable bonds is 16. The van der Waals surface area contributed by atoms with Crippen LogP contribution in [0.5, 0.6) is 0 Å². The van der Waals surface area contributed by atoms with Crippen LogP contribution in [0.1, 0.15) is 70.2 Å². The number of hydrogen-bond donors (Lipinski definition) is 1. The molecule has 2 aliphatic heterocycles. The third kappa shape index (κ3) is 14.6. The van der Waals surface area contributed by atoms with Gasteiger partial charge in [-0.15, -0.1) is 0 Å². The molecule has 8 aromatic rings. The van der Waals surface area contributed by atoms with Gasteiger partial charge in [0.1, 0.15) is 42.1 Å². The second kappa shape index (κ2) is 24.8. The summed E-state index contributed by atoms with van der Waals surface area (Å²) in [6.45, 7) is 22.6. The van der Waals surface area contributed by atoms with Gasteiger partial charge in [-0.25, -0.2) is 39.5 Å².